The van der Waals surface area contributed by atoms with Crippen LogP contribution in [-0.2, 0) is 16.0 Å². The Bertz CT molecular complexity index is 350. The van der Waals surface area contributed by atoms with Gasteiger partial charge in [0.25, 0.3) is 0 Å². The van der Waals surface area contributed by atoms with Crippen LogP contribution >= 0.6 is 0 Å². The zero-order valence-electron chi connectivity index (χ0n) is 9.56. The van der Waals surface area contributed by atoms with E-state index in [1.54, 1.807) is 0 Å². The third-order valence-corrected chi connectivity index (χ3v) is 2.92. The van der Waals surface area contributed by atoms with Crippen molar-refractivity contribution >= 4 is 5.91 Å². The first kappa shape index (κ1) is 11.1. The number of carbonyl (C=O) groups excluding carboxylic acids is 1. The van der Waals surface area contributed by atoms with E-state index in [-0.39, 0.29) is 11.9 Å². The Morgan fingerprint density at radius 1 is 1.44 bits per heavy atom. The number of hydrogen-bond donors (Lipinski definition) is 0. The molecule has 1 aliphatic rings. The summed E-state index contributed by atoms with van der Waals surface area (Å²) in [5, 5.41) is 0. The van der Waals surface area contributed by atoms with Gasteiger partial charge in [-0.3, -0.25) is 4.79 Å². The van der Waals surface area contributed by atoms with E-state index < -0.39 is 0 Å². The third kappa shape index (κ3) is 2.42. The van der Waals surface area contributed by atoms with Gasteiger partial charge in [0.1, 0.15) is 6.73 Å². The van der Waals surface area contributed by atoms with Crippen LogP contribution in [0, 0.1) is 0 Å². The summed E-state index contributed by atoms with van der Waals surface area (Å²) in [6.45, 7) is 2.99. The monoisotopic (exact) mass is 219 g/mol. The van der Waals surface area contributed by atoms with Crippen molar-refractivity contribution in [3.8, 4) is 0 Å². The summed E-state index contributed by atoms with van der Waals surface area (Å²) in [5.41, 5.74) is 1.26. The molecule has 0 spiro atoms. The summed E-state index contributed by atoms with van der Waals surface area (Å²) >= 11 is 0. The Labute approximate surface area is 96.0 Å². The van der Waals surface area contributed by atoms with E-state index in [4.69, 9.17) is 4.74 Å². The lowest BCUT2D eigenvalue weighted by Crippen LogP contribution is -2.37. The van der Waals surface area contributed by atoms with Crippen molar-refractivity contribution in [1.29, 1.82) is 0 Å². The Balaban J connectivity index is 2.01. The minimum absolute atomic E-state index is 0.179. The van der Waals surface area contributed by atoms with Gasteiger partial charge in [-0.2, -0.15) is 0 Å². The van der Waals surface area contributed by atoms with E-state index in [2.05, 4.69) is 12.1 Å². The van der Waals surface area contributed by atoms with Gasteiger partial charge in [0.15, 0.2) is 0 Å². The van der Waals surface area contributed by atoms with Crippen molar-refractivity contribution < 1.29 is 9.53 Å². The third-order valence-electron chi connectivity index (χ3n) is 2.92. The fourth-order valence-corrected chi connectivity index (χ4v) is 2.02. The summed E-state index contributed by atoms with van der Waals surface area (Å²) in [7, 11) is 0. The van der Waals surface area contributed by atoms with Crippen LogP contribution in [0.3, 0.4) is 0 Å². The average Bonchev–Trinajstić information content (AvgIpc) is 2.77. The first-order chi connectivity index (χ1) is 7.81. The van der Waals surface area contributed by atoms with Crippen LogP contribution < -0.4 is 0 Å². The first-order valence-electron chi connectivity index (χ1n) is 5.72. The van der Waals surface area contributed by atoms with Gasteiger partial charge in [0, 0.05) is 6.42 Å². The van der Waals surface area contributed by atoms with Crippen LogP contribution in [0.5, 0.6) is 0 Å². The lowest BCUT2D eigenvalue weighted by atomic mass is 10.1. The maximum atomic E-state index is 11.7. The number of hydrogen-bond acceptors (Lipinski definition) is 2. The molecule has 16 heavy (non-hydrogen) atoms. The van der Waals surface area contributed by atoms with Gasteiger partial charge in [-0.25, -0.2) is 0 Å². The first-order valence-corrected chi connectivity index (χ1v) is 5.72. The second-order valence-corrected chi connectivity index (χ2v) is 4.06. The van der Waals surface area contributed by atoms with E-state index >= 15 is 0 Å². The summed E-state index contributed by atoms with van der Waals surface area (Å²) < 4.78 is 5.37. The van der Waals surface area contributed by atoms with Crippen LogP contribution in [0.4, 0.5) is 0 Å². The predicted octanol–water partition coefficient (Wildman–Crippen LogP) is 1.82. The predicted molar refractivity (Wildman–Crippen MR) is 61.9 cm³/mol. The van der Waals surface area contributed by atoms with E-state index in [0.29, 0.717) is 19.8 Å². The van der Waals surface area contributed by atoms with Gasteiger partial charge in [-0.15, -0.1) is 0 Å². The Morgan fingerprint density at radius 3 is 2.88 bits per heavy atom. The van der Waals surface area contributed by atoms with Crippen LogP contribution in [-0.4, -0.2) is 30.2 Å². The van der Waals surface area contributed by atoms with Crippen molar-refractivity contribution in [2.75, 3.05) is 13.3 Å². The van der Waals surface area contributed by atoms with E-state index in [0.717, 1.165) is 6.42 Å². The van der Waals surface area contributed by atoms with Crippen LogP contribution in [0.25, 0.3) is 0 Å². The highest BCUT2D eigenvalue weighted by atomic mass is 16.5. The molecule has 3 nitrogen and oxygen atoms in total. The maximum absolute atomic E-state index is 11.7. The molecule has 1 saturated heterocycles. The molecule has 0 bridgehead atoms. The highest BCUT2D eigenvalue weighted by molar-refractivity contribution is 5.76. The second-order valence-electron chi connectivity index (χ2n) is 4.06. The lowest BCUT2D eigenvalue weighted by Gasteiger charge is -2.21. The van der Waals surface area contributed by atoms with Gasteiger partial charge in [-0.1, -0.05) is 37.3 Å². The smallest absolute Gasteiger partial charge is 0.224 e. The molecule has 0 N–H and O–H groups in total. The zero-order chi connectivity index (χ0) is 11.4. The average molecular weight is 219 g/mol. The second kappa shape index (κ2) is 5.12. The minimum Gasteiger partial charge on any atom is -0.359 e. The van der Waals surface area contributed by atoms with Crippen LogP contribution in [0.2, 0.25) is 0 Å². The van der Waals surface area contributed by atoms with Gasteiger partial charge in [0.05, 0.1) is 12.6 Å². The molecule has 1 aromatic carbocycles. The Morgan fingerprint density at radius 2 is 2.19 bits per heavy atom. The largest absolute Gasteiger partial charge is 0.359 e. The summed E-state index contributed by atoms with van der Waals surface area (Å²) in [6, 6.07) is 10.4. The molecule has 0 unspecified atom stereocenters. The molecule has 0 radical (unpaired) electrons. The molecule has 1 heterocycles. The van der Waals surface area contributed by atoms with Crippen molar-refractivity contribution in [2.45, 2.75) is 25.8 Å². The van der Waals surface area contributed by atoms with Crippen LogP contribution in [0.1, 0.15) is 18.9 Å². The fraction of sp³-hybridized carbons (Fsp3) is 0.462. The number of nitrogens with zero attached hydrogens (tertiary/aromatic N) is 1. The molecular weight excluding hydrogens is 202 g/mol. The van der Waals surface area contributed by atoms with Gasteiger partial charge in [-0.05, 0) is 12.0 Å². The summed E-state index contributed by atoms with van der Waals surface area (Å²) in [5.74, 6) is 0.179. The molecule has 2 rings (SSSR count). The highest BCUT2D eigenvalue weighted by Gasteiger charge is 2.28. The van der Waals surface area contributed by atoms with Gasteiger partial charge in [0.2, 0.25) is 5.91 Å². The SMILES string of the molecule is CCC(=O)N1COC[C@H]1Cc1ccccc1. The molecule has 86 valence electrons. The molecule has 0 saturated carbocycles. The number of amides is 1. The standard InChI is InChI=1S/C13H17NO2/c1-2-13(15)14-10-16-9-12(14)8-11-6-4-3-5-7-11/h3-7,12H,2,8-10H2,1H3/t12-/m1/s1. The molecule has 1 fully saturated rings. The summed E-state index contributed by atoms with van der Waals surface area (Å²) in [4.78, 5) is 13.5. The summed E-state index contributed by atoms with van der Waals surface area (Å²) in [6.07, 6.45) is 1.43. The van der Waals surface area contributed by atoms with Crippen molar-refractivity contribution in [3.05, 3.63) is 35.9 Å². The number of carbonyl (C=O) groups is 1. The number of ether oxygens (including phenoxy) is 1. The molecule has 1 aliphatic heterocycles. The quantitative estimate of drug-likeness (QED) is 0.776. The Hall–Kier alpha value is -1.35. The van der Waals surface area contributed by atoms with Crippen molar-refractivity contribution in [3.63, 3.8) is 0 Å². The number of rotatable bonds is 3. The fourth-order valence-electron chi connectivity index (χ4n) is 2.02. The topological polar surface area (TPSA) is 29.5 Å². The lowest BCUT2D eigenvalue weighted by molar-refractivity contribution is -0.132. The molecule has 1 atom stereocenters. The van der Waals surface area contributed by atoms with Gasteiger partial charge < -0.3 is 9.64 Å². The molecule has 1 aromatic rings. The molecule has 3 heteroatoms. The molecule has 0 aromatic heterocycles. The maximum Gasteiger partial charge on any atom is 0.224 e. The number of benzene rings is 1. The van der Waals surface area contributed by atoms with E-state index in [1.165, 1.54) is 5.56 Å². The molecular formula is C13H17NO2. The highest BCUT2D eigenvalue weighted by Crippen LogP contribution is 2.16. The van der Waals surface area contributed by atoms with E-state index in [1.807, 2.05) is 30.0 Å². The van der Waals surface area contributed by atoms with E-state index in [9.17, 15) is 4.79 Å². The van der Waals surface area contributed by atoms with Gasteiger partial charge >= 0.3 is 0 Å². The molecule has 1 amide bonds. The van der Waals surface area contributed by atoms with Crippen LogP contribution in [0.15, 0.2) is 30.3 Å². The normalized spacial score (nSPS) is 20.1. The Kier molecular flexibility index (Phi) is 3.57. The zero-order valence-corrected chi connectivity index (χ0v) is 9.56. The minimum atomic E-state index is 0.179. The van der Waals surface area contributed by atoms with Crippen molar-refractivity contribution in [1.82, 2.24) is 4.90 Å². The van der Waals surface area contributed by atoms with Crippen molar-refractivity contribution in [2.24, 2.45) is 0 Å². The molecule has 0 aliphatic carbocycles.